The Balaban J connectivity index is 0.00000625. The molecular formula is C17H31CuN6S2. The molecule has 26 heavy (non-hydrogen) atoms. The molecule has 0 spiro atoms. The summed E-state index contributed by atoms with van der Waals surface area (Å²) < 4.78 is 0. The first-order valence-corrected chi connectivity index (χ1v) is 10.7. The van der Waals surface area contributed by atoms with E-state index < -0.39 is 0 Å². The number of hydrogen-bond acceptors (Lipinski definition) is 6. The SMILES string of the molecule is CCN=C([S-])N/N=C(CCC1CCCC1)/C(C)=N/NC(=NCC)SC.[Cu+]. The second-order valence-corrected chi connectivity index (χ2v) is 7.11. The summed E-state index contributed by atoms with van der Waals surface area (Å²) in [6.45, 7) is 7.30. The zero-order valence-corrected chi connectivity index (χ0v) is 18.7. The maximum Gasteiger partial charge on any atom is 1.00 e. The van der Waals surface area contributed by atoms with Gasteiger partial charge >= 0.3 is 17.1 Å². The van der Waals surface area contributed by atoms with Crippen molar-refractivity contribution in [2.24, 2.45) is 26.1 Å². The van der Waals surface area contributed by atoms with Crippen molar-refractivity contribution < 1.29 is 17.1 Å². The maximum atomic E-state index is 5.15. The van der Waals surface area contributed by atoms with Crippen molar-refractivity contribution in [2.45, 2.75) is 59.3 Å². The van der Waals surface area contributed by atoms with Crippen LogP contribution in [0.5, 0.6) is 0 Å². The summed E-state index contributed by atoms with van der Waals surface area (Å²) >= 11 is 6.69. The normalized spacial score (nSPS) is 17.2. The van der Waals surface area contributed by atoms with Crippen LogP contribution < -0.4 is 10.9 Å². The third kappa shape index (κ3) is 10.5. The van der Waals surface area contributed by atoms with Gasteiger partial charge in [0, 0.05) is 13.1 Å². The van der Waals surface area contributed by atoms with Crippen LogP contribution in [0.3, 0.4) is 0 Å². The molecule has 0 amide bonds. The molecule has 1 rings (SSSR count). The number of nitrogens with zero attached hydrogens (tertiary/aromatic N) is 4. The summed E-state index contributed by atoms with van der Waals surface area (Å²) in [4.78, 5) is 8.49. The van der Waals surface area contributed by atoms with Gasteiger partial charge in [0.25, 0.3) is 0 Å². The second kappa shape index (κ2) is 15.4. The molecule has 1 aliphatic rings. The van der Waals surface area contributed by atoms with Gasteiger partial charge in [-0.1, -0.05) is 37.4 Å². The predicted molar refractivity (Wildman–Crippen MR) is 115 cm³/mol. The molecule has 1 fully saturated rings. The Morgan fingerprint density at radius 3 is 2.31 bits per heavy atom. The van der Waals surface area contributed by atoms with Crippen LogP contribution in [0.25, 0.3) is 0 Å². The van der Waals surface area contributed by atoms with E-state index in [1.807, 2.05) is 27.0 Å². The molecule has 0 unspecified atom stereocenters. The van der Waals surface area contributed by atoms with Crippen LogP contribution >= 0.6 is 11.8 Å². The van der Waals surface area contributed by atoms with Gasteiger partial charge in [-0.25, -0.2) is 0 Å². The molecule has 1 aliphatic carbocycles. The van der Waals surface area contributed by atoms with E-state index in [9.17, 15) is 0 Å². The van der Waals surface area contributed by atoms with Crippen LogP contribution in [0.2, 0.25) is 0 Å². The summed E-state index contributed by atoms with van der Waals surface area (Å²) in [5.74, 6) is 0.807. The number of thioether (sulfide) groups is 1. The van der Waals surface area contributed by atoms with Crippen molar-refractivity contribution >= 4 is 46.1 Å². The van der Waals surface area contributed by atoms with E-state index in [4.69, 9.17) is 12.6 Å². The molecular weight excluding hydrogens is 416 g/mol. The monoisotopic (exact) mass is 446 g/mol. The summed E-state index contributed by atoms with van der Waals surface area (Å²) in [5, 5.41) is 10.1. The number of nitrogens with one attached hydrogen (secondary N) is 2. The largest absolute Gasteiger partial charge is 1.00 e. The fraction of sp³-hybridized carbons (Fsp3) is 0.765. The molecule has 2 N–H and O–H groups in total. The van der Waals surface area contributed by atoms with E-state index >= 15 is 0 Å². The molecule has 0 aromatic heterocycles. The number of rotatable bonds is 8. The Morgan fingerprint density at radius 2 is 1.73 bits per heavy atom. The van der Waals surface area contributed by atoms with Crippen LogP contribution in [-0.4, -0.2) is 41.1 Å². The topological polar surface area (TPSA) is 73.5 Å². The molecule has 6 nitrogen and oxygen atoms in total. The van der Waals surface area contributed by atoms with Gasteiger partial charge in [0.05, 0.1) is 11.4 Å². The van der Waals surface area contributed by atoms with Crippen LogP contribution in [0.15, 0.2) is 20.2 Å². The number of amidine groups is 2. The van der Waals surface area contributed by atoms with Crippen molar-refractivity contribution in [3.05, 3.63) is 0 Å². The van der Waals surface area contributed by atoms with Crippen molar-refractivity contribution in [1.29, 1.82) is 0 Å². The molecule has 0 aromatic carbocycles. The molecule has 1 saturated carbocycles. The number of hydrogen-bond donors (Lipinski definition) is 2. The van der Waals surface area contributed by atoms with E-state index in [1.165, 1.54) is 25.7 Å². The average Bonchev–Trinajstić information content (AvgIpc) is 3.12. The third-order valence-corrected chi connectivity index (χ3v) is 4.91. The Morgan fingerprint density at radius 1 is 1.08 bits per heavy atom. The van der Waals surface area contributed by atoms with Crippen molar-refractivity contribution in [3.63, 3.8) is 0 Å². The predicted octanol–water partition coefficient (Wildman–Crippen LogP) is 3.53. The summed E-state index contributed by atoms with van der Waals surface area (Å²) in [5.41, 5.74) is 7.67. The molecule has 0 heterocycles. The second-order valence-electron chi connectivity index (χ2n) is 5.93. The Bertz CT molecular complexity index is 513. The standard InChI is InChI=1S/C17H32N6S2.Cu/c1-5-18-16(24)22-21-15(12-11-14-9-7-8-10-14)13(3)20-23-17(25-4)19-6-2;/h14H,5-12H2,1-4H3,(H,19,23)(H2,18,22,24);/q;+1/p-1/b20-13+,21-15+;. The van der Waals surface area contributed by atoms with Crippen LogP contribution in [-0.2, 0) is 29.7 Å². The van der Waals surface area contributed by atoms with Crippen molar-refractivity contribution in [2.75, 3.05) is 19.3 Å². The molecule has 9 heteroatoms. The van der Waals surface area contributed by atoms with Crippen LogP contribution in [0.1, 0.15) is 59.3 Å². The summed E-state index contributed by atoms with van der Waals surface area (Å²) in [6.07, 6.45) is 9.39. The Hall–Kier alpha value is -0.631. The maximum absolute atomic E-state index is 5.15. The van der Waals surface area contributed by atoms with Gasteiger partial charge in [-0.3, -0.25) is 20.8 Å². The molecule has 0 saturated heterocycles. The minimum absolute atomic E-state index is 0. The van der Waals surface area contributed by atoms with Gasteiger partial charge in [0.1, 0.15) is 0 Å². The molecule has 0 aliphatic heterocycles. The number of aliphatic imine (C=N–C) groups is 2. The Kier molecular flexibility index (Phi) is 15.1. The first kappa shape index (κ1) is 25.4. The quantitative estimate of drug-likeness (QED) is 0.196. The Labute approximate surface area is 178 Å². The smallest absolute Gasteiger partial charge is 0.741 e. The van der Waals surface area contributed by atoms with Gasteiger partial charge in [-0.2, -0.15) is 10.2 Å². The van der Waals surface area contributed by atoms with Crippen molar-refractivity contribution in [1.82, 2.24) is 10.9 Å². The fourth-order valence-electron chi connectivity index (χ4n) is 2.74. The minimum atomic E-state index is 0. The van der Waals surface area contributed by atoms with Gasteiger partial charge < -0.3 is 12.6 Å². The first-order chi connectivity index (χ1) is 12.1. The molecule has 0 bridgehead atoms. The van der Waals surface area contributed by atoms with Gasteiger partial charge in [0.15, 0.2) is 5.17 Å². The molecule has 0 aromatic rings. The van der Waals surface area contributed by atoms with Gasteiger partial charge in [0.2, 0.25) is 0 Å². The fourth-order valence-corrected chi connectivity index (χ4v) is 3.31. The molecule has 152 valence electrons. The van der Waals surface area contributed by atoms with Crippen LogP contribution in [0, 0.1) is 5.92 Å². The van der Waals surface area contributed by atoms with Crippen molar-refractivity contribution in [3.8, 4) is 0 Å². The molecule has 0 atom stereocenters. The molecule has 0 radical (unpaired) electrons. The number of hydrazone groups is 2. The van der Waals surface area contributed by atoms with Gasteiger partial charge in [-0.05, 0) is 51.0 Å². The van der Waals surface area contributed by atoms with E-state index in [1.54, 1.807) is 11.8 Å². The van der Waals surface area contributed by atoms with E-state index in [0.29, 0.717) is 11.7 Å². The van der Waals surface area contributed by atoms with Crippen LogP contribution in [0.4, 0.5) is 0 Å². The van der Waals surface area contributed by atoms with E-state index in [0.717, 1.165) is 41.9 Å². The third-order valence-electron chi connectivity index (χ3n) is 4.08. The zero-order chi connectivity index (χ0) is 18.5. The zero-order valence-electron chi connectivity index (χ0n) is 16.1. The average molecular weight is 447 g/mol. The van der Waals surface area contributed by atoms with E-state index in [2.05, 4.69) is 31.0 Å². The van der Waals surface area contributed by atoms with E-state index in [-0.39, 0.29) is 17.1 Å². The first-order valence-electron chi connectivity index (χ1n) is 9.03. The summed E-state index contributed by atoms with van der Waals surface area (Å²) in [6, 6.07) is 0. The minimum Gasteiger partial charge on any atom is -0.741 e. The van der Waals surface area contributed by atoms with Gasteiger partial charge in [-0.15, -0.1) is 0 Å². The summed E-state index contributed by atoms with van der Waals surface area (Å²) in [7, 11) is 0.